The molecule has 0 bridgehead atoms. The second-order valence-corrected chi connectivity index (χ2v) is 7.65. The largest absolute Gasteiger partial charge is 0.350 e. The van der Waals surface area contributed by atoms with Gasteiger partial charge >= 0.3 is 0 Å². The molecule has 1 aromatic rings. The molecule has 0 spiro atoms. The van der Waals surface area contributed by atoms with Crippen LogP contribution in [0.2, 0.25) is 0 Å². The number of amides is 1. The molecule has 1 amide bonds. The topological polar surface area (TPSA) is 55.1 Å². The van der Waals surface area contributed by atoms with E-state index in [1.54, 1.807) is 0 Å². The molecule has 1 atom stereocenters. The van der Waals surface area contributed by atoms with Gasteiger partial charge in [0.2, 0.25) is 5.91 Å². The molecular formula is C18H30N2O. The Morgan fingerprint density at radius 2 is 1.67 bits per heavy atom. The third-order valence-corrected chi connectivity index (χ3v) is 3.65. The van der Waals surface area contributed by atoms with Gasteiger partial charge in [0, 0.05) is 12.0 Å². The molecule has 0 aliphatic carbocycles. The molecule has 0 fully saturated rings. The average Bonchev–Trinajstić information content (AvgIpc) is 2.34. The van der Waals surface area contributed by atoms with Crippen LogP contribution in [-0.4, -0.2) is 11.4 Å². The maximum atomic E-state index is 11.9. The summed E-state index contributed by atoms with van der Waals surface area (Å²) >= 11 is 0. The third-order valence-electron chi connectivity index (χ3n) is 3.65. The Kier molecular flexibility index (Phi) is 5.57. The molecule has 0 heterocycles. The number of nitrogens with two attached hydrogens (primary N) is 1. The molecule has 118 valence electrons. The highest BCUT2D eigenvalue weighted by Crippen LogP contribution is 2.24. The molecular weight excluding hydrogens is 260 g/mol. The van der Waals surface area contributed by atoms with E-state index in [4.69, 9.17) is 5.73 Å². The number of carbonyl (C=O) groups is 1. The van der Waals surface area contributed by atoms with Gasteiger partial charge in [-0.1, -0.05) is 45.0 Å². The molecule has 1 aromatic carbocycles. The standard InChI is InChI=1S/C18H30N2O/c1-13(20-16(21)11-12-18(5,6)19)14-7-9-15(10-8-14)17(2,3)4/h7-10,13H,11-12,19H2,1-6H3,(H,20,21). The summed E-state index contributed by atoms with van der Waals surface area (Å²) < 4.78 is 0. The lowest BCUT2D eigenvalue weighted by Gasteiger charge is -2.21. The highest BCUT2D eigenvalue weighted by molar-refractivity contribution is 5.76. The van der Waals surface area contributed by atoms with Gasteiger partial charge in [-0.15, -0.1) is 0 Å². The van der Waals surface area contributed by atoms with E-state index in [1.807, 2.05) is 20.8 Å². The summed E-state index contributed by atoms with van der Waals surface area (Å²) in [5.74, 6) is 0.0564. The van der Waals surface area contributed by atoms with Crippen LogP contribution >= 0.6 is 0 Å². The first-order valence-electron chi connectivity index (χ1n) is 7.68. The number of hydrogen-bond acceptors (Lipinski definition) is 2. The summed E-state index contributed by atoms with van der Waals surface area (Å²) in [6.45, 7) is 12.5. The first kappa shape index (κ1) is 17.7. The molecule has 0 aliphatic heterocycles. The van der Waals surface area contributed by atoms with Crippen LogP contribution in [0.25, 0.3) is 0 Å². The second kappa shape index (κ2) is 6.61. The number of rotatable bonds is 5. The highest BCUT2D eigenvalue weighted by atomic mass is 16.1. The van der Waals surface area contributed by atoms with Gasteiger partial charge in [0.15, 0.2) is 0 Å². The minimum Gasteiger partial charge on any atom is -0.350 e. The van der Waals surface area contributed by atoms with Crippen molar-refractivity contribution in [3.05, 3.63) is 35.4 Å². The van der Waals surface area contributed by atoms with Gasteiger partial charge in [0.05, 0.1) is 6.04 Å². The van der Waals surface area contributed by atoms with Gasteiger partial charge in [-0.3, -0.25) is 4.79 Å². The molecule has 0 radical (unpaired) electrons. The Labute approximate surface area is 129 Å². The fourth-order valence-electron chi connectivity index (χ4n) is 2.10. The van der Waals surface area contributed by atoms with E-state index in [9.17, 15) is 4.79 Å². The van der Waals surface area contributed by atoms with Crippen molar-refractivity contribution in [1.29, 1.82) is 0 Å². The first-order valence-corrected chi connectivity index (χ1v) is 7.68. The lowest BCUT2D eigenvalue weighted by atomic mass is 9.86. The van der Waals surface area contributed by atoms with Crippen LogP contribution in [0.5, 0.6) is 0 Å². The first-order chi connectivity index (χ1) is 9.49. The highest BCUT2D eigenvalue weighted by Gasteiger charge is 2.16. The van der Waals surface area contributed by atoms with Crippen LogP contribution in [0.15, 0.2) is 24.3 Å². The Hall–Kier alpha value is -1.35. The van der Waals surface area contributed by atoms with Crippen LogP contribution in [0, 0.1) is 0 Å². The van der Waals surface area contributed by atoms with Crippen molar-refractivity contribution in [3.63, 3.8) is 0 Å². The zero-order valence-corrected chi connectivity index (χ0v) is 14.3. The Balaban J connectivity index is 2.59. The number of benzene rings is 1. The smallest absolute Gasteiger partial charge is 0.220 e. The van der Waals surface area contributed by atoms with E-state index in [1.165, 1.54) is 5.56 Å². The van der Waals surface area contributed by atoms with Crippen LogP contribution in [0.4, 0.5) is 0 Å². The zero-order valence-electron chi connectivity index (χ0n) is 14.3. The fraction of sp³-hybridized carbons (Fsp3) is 0.611. The van der Waals surface area contributed by atoms with Crippen LogP contribution in [-0.2, 0) is 10.2 Å². The van der Waals surface area contributed by atoms with Gasteiger partial charge in [-0.05, 0) is 43.7 Å². The third kappa shape index (κ3) is 6.30. The van der Waals surface area contributed by atoms with Crippen molar-refractivity contribution in [2.45, 2.75) is 71.4 Å². The minimum atomic E-state index is -0.297. The Morgan fingerprint density at radius 1 is 1.14 bits per heavy atom. The molecule has 0 saturated carbocycles. The molecule has 0 saturated heterocycles. The molecule has 3 N–H and O–H groups in total. The average molecular weight is 290 g/mol. The molecule has 0 aliphatic rings. The predicted molar refractivity (Wildman–Crippen MR) is 89.2 cm³/mol. The van der Waals surface area contributed by atoms with Gasteiger partial charge in [-0.2, -0.15) is 0 Å². The van der Waals surface area contributed by atoms with Crippen LogP contribution < -0.4 is 11.1 Å². The van der Waals surface area contributed by atoms with E-state index in [0.29, 0.717) is 12.8 Å². The summed E-state index contributed by atoms with van der Waals surface area (Å²) in [4.78, 5) is 11.9. The van der Waals surface area contributed by atoms with Crippen molar-refractivity contribution < 1.29 is 4.79 Å². The van der Waals surface area contributed by atoms with E-state index >= 15 is 0 Å². The summed E-state index contributed by atoms with van der Waals surface area (Å²) in [6, 6.07) is 8.49. The molecule has 1 unspecified atom stereocenters. The fourth-order valence-corrected chi connectivity index (χ4v) is 2.10. The maximum Gasteiger partial charge on any atom is 0.220 e. The van der Waals surface area contributed by atoms with Crippen molar-refractivity contribution in [1.82, 2.24) is 5.32 Å². The molecule has 21 heavy (non-hydrogen) atoms. The molecule has 1 rings (SSSR count). The van der Waals surface area contributed by atoms with Crippen molar-refractivity contribution in [2.24, 2.45) is 5.73 Å². The monoisotopic (exact) mass is 290 g/mol. The molecule has 3 heteroatoms. The normalized spacial score (nSPS) is 13.9. The number of hydrogen-bond donors (Lipinski definition) is 2. The summed E-state index contributed by atoms with van der Waals surface area (Å²) in [6.07, 6.45) is 1.16. The Morgan fingerprint density at radius 3 is 2.10 bits per heavy atom. The number of nitrogens with one attached hydrogen (secondary N) is 1. The second-order valence-electron chi connectivity index (χ2n) is 7.65. The van der Waals surface area contributed by atoms with Crippen molar-refractivity contribution in [2.75, 3.05) is 0 Å². The quantitative estimate of drug-likeness (QED) is 0.869. The maximum absolute atomic E-state index is 11.9. The lowest BCUT2D eigenvalue weighted by molar-refractivity contribution is -0.122. The van der Waals surface area contributed by atoms with Crippen molar-refractivity contribution in [3.8, 4) is 0 Å². The van der Waals surface area contributed by atoms with Crippen LogP contribution in [0.3, 0.4) is 0 Å². The van der Waals surface area contributed by atoms with Gasteiger partial charge < -0.3 is 11.1 Å². The summed E-state index contributed by atoms with van der Waals surface area (Å²) in [5, 5.41) is 3.03. The molecule has 0 aromatic heterocycles. The zero-order chi connectivity index (χ0) is 16.3. The predicted octanol–water partition coefficient (Wildman–Crippen LogP) is 3.68. The van der Waals surface area contributed by atoms with Gasteiger partial charge in [0.25, 0.3) is 0 Å². The van der Waals surface area contributed by atoms with E-state index in [2.05, 4.69) is 50.4 Å². The summed E-state index contributed by atoms with van der Waals surface area (Å²) in [7, 11) is 0. The summed E-state index contributed by atoms with van der Waals surface area (Å²) in [5.41, 5.74) is 8.19. The van der Waals surface area contributed by atoms with Crippen molar-refractivity contribution >= 4 is 5.91 Å². The number of carbonyl (C=O) groups excluding carboxylic acids is 1. The minimum absolute atomic E-state index is 0.0207. The Bertz CT molecular complexity index is 463. The van der Waals surface area contributed by atoms with Gasteiger partial charge in [-0.25, -0.2) is 0 Å². The van der Waals surface area contributed by atoms with Crippen LogP contribution in [0.1, 0.15) is 71.6 Å². The SMILES string of the molecule is CC(NC(=O)CCC(C)(C)N)c1ccc(C(C)(C)C)cc1. The lowest BCUT2D eigenvalue weighted by Crippen LogP contribution is -2.35. The van der Waals surface area contributed by atoms with E-state index in [-0.39, 0.29) is 22.9 Å². The van der Waals surface area contributed by atoms with E-state index < -0.39 is 0 Å². The van der Waals surface area contributed by atoms with E-state index in [0.717, 1.165) is 5.56 Å². The van der Waals surface area contributed by atoms with Gasteiger partial charge in [0.1, 0.15) is 0 Å². The molecule has 3 nitrogen and oxygen atoms in total.